The average Bonchev–Trinajstić information content (AvgIpc) is 3.23. The van der Waals surface area contributed by atoms with E-state index in [0.717, 1.165) is 27.3 Å². The number of aromatic nitrogens is 1. The fourth-order valence-electron chi connectivity index (χ4n) is 3.12. The van der Waals surface area contributed by atoms with Crippen molar-refractivity contribution in [2.45, 2.75) is 6.92 Å². The first-order valence-corrected chi connectivity index (χ1v) is 10.4. The van der Waals surface area contributed by atoms with Crippen LogP contribution in [0.25, 0.3) is 21.7 Å². The van der Waals surface area contributed by atoms with Crippen molar-refractivity contribution in [1.29, 1.82) is 0 Å². The lowest BCUT2D eigenvalue weighted by molar-refractivity contribution is 0.355. The van der Waals surface area contributed by atoms with E-state index in [1.165, 1.54) is 5.56 Å². The molecule has 0 amide bonds. The summed E-state index contributed by atoms with van der Waals surface area (Å²) in [6.45, 7) is 2.09. The van der Waals surface area contributed by atoms with Gasteiger partial charge in [-0.1, -0.05) is 71.5 Å². The Bertz CT molecular complexity index is 1170. The van der Waals surface area contributed by atoms with Crippen LogP contribution in [0.2, 0.25) is 0 Å². The molecule has 5 heteroatoms. The number of hydrogen-bond acceptors (Lipinski definition) is 5. The molecular formula is C25H22N2O2S. The van der Waals surface area contributed by atoms with E-state index in [4.69, 9.17) is 14.5 Å². The summed E-state index contributed by atoms with van der Waals surface area (Å²) in [5.41, 5.74) is 5.31. The minimum absolute atomic E-state index is 0.672. The molecule has 4 rings (SSSR count). The highest BCUT2D eigenvalue weighted by Crippen LogP contribution is 2.40. The van der Waals surface area contributed by atoms with Crippen LogP contribution in [0.1, 0.15) is 11.1 Å². The van der Waals surface area contributed by atoms with Crippen LogP contribution in [0, 0.1) is 6.92 Å². The molecule has 0 bridgehead atoms. The smallest absolute Gasteiger partial charge is 0.210 e. The molecule has 0 atom stereocenters. The van der Waals surface area contributed by atoms with Crippen LogP contribution in [0.15, 0.2) is 77.8 Å². The molecule has 3 aromatic carbocycles. The van der Waals surface area contributed by atoms with Crippen LogP contribution in [0.5, 0.6) is 11.5 Å². The Balaban J connectivity index is 1.72. The van der Waals surface area contributed by atoms with Crippen molar-refractivity contribution >= 4 is 22.7 Å². The van der Waals surface area contributed by atoms with Crippen molar-refractivity contribution < 1.29 is 9.47 Å². The zero-order valence-electron chi connectivity index (χ0n) is 17.1. The molecule has 0 saturated carbocycles. The first-order valence-electron chi connectivity index (χ1n) is 9.57. The normalized spacial score (nSPS) is 11.0. The third-order valence-electron chi connectivity index (χ3n) is 4.71. The van der Waals surface area contributed by atoms with Gasteiger partial charge in [0.1, 0.15) is 0 Å². The molecule has 0 N–H and O–H groups in total. The summed E-state index contributed by atoms with van der Waals surface area (Å²) in [6, 6.07) is 24.5. The van der Waals surface area contributed by atoms with E-state index in [9.17, 15) is 0 Å². The molecule has 1 aromatic heterocycles. The first-order chi connectivity index (χ1) is 14.7. The quantitative estimate of drug-likeness (QED) is 0.336. The second-order valence-electron chi connectivity index (χ2n) is 6.78. The van der Waals surface area contributed by atoms with Crippen LogP contribution in [0.3, 0.4) is 0 Å². The fourth-order valence-corrected chi connectivity index (χ4v) is 4.06. The Morgan fingerprint density at radius 2 is 1.57 bits per heavy atom. The maximum Gasteiger partial charge on any atom is 0.210 e. The van der Waals surface area contributed by atoms with Crippen molar-refractivity contribution in [1.82, 2.24) is 4.98 Å². The van der Waals surface area contributed by atoms with Gasteiger partial charge in [-0.15, -0.1) is 0 Å². The number of nitrogens with zero attached hydrogens (tertiary/aromatic N) is 2. The number of rotatable bonds is 6. The van der Waals surface area contributed by atoms with Gasteiger partial charge in [-0.3, -0.25) is 0 Å². The topological polar surface area (TPSA) is 43.7 Å². The van der Waals surface area contributed by atoms with Gasteiger partial charge in [0.25, 0.3) is 0 Å². The zero-order valence-corrected chi connectivity index (χ0v) is 17.9. The molecule has 0 radical (unpaired) electrons. The summed E-state index contributed by atoms with van der Waals surface area (Å²) in [4.78, 5) is 10.6. The van der Waals surface area contributed by atoms with Gasteiger partial charge < -0.3 is 9.47 Å². The lowest BCUT2D eigenvalue weighted by atomic mass is 10.1. The van der Waals surface area contributed by atoms with Crippen LogP contribution >= 0.6 is 11.3 Å². The van der Waals surface area contributed by atoms with Gasteiger partial charge in [0, 0.05) is 11.8 Å². The monoisotopic (exact) mass is 414 g/mol. The predicted octanol–water partition coefficient (Wildman–Crippen LogP) is 6.55. The van der Waals surface area contributed by atoms with Gasteiger partial charge in [0.05, 0.1) is 24.8 Å². The first kappa shape index (κ1) is 19.9. The Hall–Kier alpha value is -3.44. The SMILES string of the molecule is COc1ccc(C=Nc2nc(-c3ccc(C)cc3)c(-c3ccccc3)s2)cc1OC. The molecule has 0 unspecified atom stereocenters. The lowest BCUT2D eigenvalue weighted by Gasteiger charge is -2.07. The summed E-state index contributed by atoms with van der Waals surface area (Å²) < 4.78 is 10.7. The summed E-state index contributed by atoms with van der Waals surface area (Å²) in [6.07, 6.45) is 1.80. The number of ether oxygens (including phenoxy) is 2. The number of aryl methyl sites for hydroxylation is 1. The minimum atomic E-state index is 0.672. The third-order valence-corrected chi connectivity index (χ3v) is 5.72. The maximum absolute atomic E-state index is 5.38. The summed E-state index contributed by atoms with van der Waals surface area (Å²) in [7, 11) is 3.25. The van der Waals surface area contributed by atoms with Gasteiger partial charge in [-0.05, 0) is 36.2 Å². The average molecular weight is 415 g/mol. The van der Waals surface area contributed by atoms with Gasteiger partial charge in [-0.25, -0.2) is 9.98 Å². The van der Waals surface area contributed by atoms with E-state index in [-0.39, 0.29) is 0 Å². The summed E-state index contributed by atoms with van der Waals surface area (Å²) >= 11 is 1.58. The molecule has 0 spiro atoms. The molecule has 4 aromatic rings. The van der Waals surface area contributed by atoms with E-state index in [0.29, 0.717) is 16.6 Å². The van der Waals surface area contributed by atoms with Crippen molar-refractivity contribution in [3.63, 3.8) is 0 Å². The Labute approximate surface area is 180 Å². The van der Waals surface area contributed by atoms with Crippen LogP contribution in [0.4, 0.5) is 5.13 Å². The minimum Gasteiger partial charge on any atom is -0.493 e. The highest BCUT2D eigenvalue weighted by Gasteiger charge is 2.14. The lowest BCUT2D eigenvalue weighted by Crippen LogP contribution is -1.91. The van der Waals surface area contributed by atoms with E-state index >= 15 is 0 Å². The molecule has 4 nitrogen and oxygen atoms in total. The number of aliphatic imine (C=N–C) groups is 1. The van der Waals surface area contributed by atoms with E-state index in [2.05, 4.69) is 48.3 Å². The third kappa shape index (κ3) is 4.26. The Kier molecular flexibility index (Phi) is 5.91. The van der Waals surface area contributed by atoms with E-state index < -0.39 is 0 Å². The zero-order chi connectivity index (χ0) is 20.9. The van der Waals surface area contributed by atoms with Gasteiger partial charge in [-0.2, -0.15) is 0 Å². The van der Waals surface area contributed by atoms with E-state index in [1.54, 1.807) is 31.8 Å². The predicted molar refractivity (Wildman–Crippen MR) is 125 cm³/mol. The van der Waals surface area contributed by atoms with Gasteiger partial charge in [0.2, 0.25) is 5.13 Å². The summed E-state index contributed by atoms with van der Waals surface area (Å²) in [5.74, 6) is 1.36. The second kappa shape index (κ2) is 8.93. The van der Waals surface area contributed by atoms with Crippen LogP contribution in [-0.4, -0.2) is 25.4 Å². The molecule has 0 saturated heterocycles. The molecule has 150 valence electrons. The number of hydrogen-bond donors (Lipinski definition) is 0. The van der Waals surface area contributed by atoms with Crippen molar-refractivity contribution in [3.8, 4) is 33.2 Å². The molecule has 0 aliphatic carbocycles. The highest BCUT2D eigenvalue weighted by atomic mass is 32.1. The largest absolute Gasteiger partial charge is 0.493 e. The summed E-state index contributed by atoms with van der Waals surface area (Å²) in [5, 5.41) is 0.708. The molecular weight excluding hydrogens is 392 g/mol. The van der Waals surface area contributed by atoms with Crippen molar-refractivity contribution in [2.24, 2.45) is 4.99 Å². The van der Waals surface area contributed by atoms with Crippen LogP contribution in [-0.2, 0) is 0 Å². The van der Waals surface area contributed by atoms with E-state index in [1.807, 2.05) is 36.4 Å². The highest BCUT2D eigenvalue weighted by molar-refractivity contribution is 7.19. The number of thiazole rings is 1. The standard InChI is InChI=1S/C25H22N2O2S/c1-17-9-12-19(13-10-17)23-24(20-7-5-4-6-8-20)30-25(27-23)26-16-18-11-14-21(28-2)22(15-18)29-3/h4-16H,1-3H3. The molecule has 0 aliphatic rings. The van der Waals surface area contributed by atoms with Crippen LogP contribution < -0.4 is 9.47 Å². The molecule has 30 heavy (non-hydrogen) atoms. The Morgan fingerprint density at radius 1 is 0.833 bits per heavy atom. The molecule has 0 aliphatic heterocycles. The molecule has 0 fully saturated rings. The van der Waals surface area contributed by atoms with Crippen molar-refractivity contribution in [3.05, 3.63) is 83.9 Å². The van der Waals surface area contributed by atoms with Crippen molar-refractivity contribution in [2.75, 3.05) is 14.2 Å². The van der Waals surface area contributed by atoms with Gasteiger partial charge in [0.15, 0.2) is 11.5 Å². The maximum atomic E-state index is 5.38. The second-order valence-corrected chi connectivity index (χ2v) is 7.76. The number of methoxy groups -OCH3 is 2. The fraction of sp³-hybridized carbons (Fsp3) is 0.120. The Morgan fingerprint density at radius 3 is 2.27 bits per heavy atom. The molecule has 1 heterocycles. The number of benzene rings is 3. The van der Waals surface area contributed by atoms with Gasteiger partial charge >= 0.3 is 0 Å².